The third kappa shape index (κ3) is 7.01. The van der Waals surface area contributed by atoms with Gasteiger partial charge in [0.05, 0.1) is 0 Å². The second-order valence-corrected chi connectivity index (χ2v) is 6.65. The standard InChI is InChI=1S/C21H29N5.HI/c1-2-22-21(24-14-11-19-8-6-7-13-23-19)25-16-18-12-15-26(17-18)20-9-4-3-5-10-20;/h3-10,13,18H,2,11-12,14-17H2,1H3,(H2,22,24,25);1H. The highest BCUT2D eigenvalue weighted by atomic mass is 127. The molecule has 27 heavy (non-hydrogen) atoms. The molecule has 1 atom stereocenters. The van der Waals surface area contributed by atoms with E-state index < -0.39 is 0 Å². The van der Waals surface area contributed by atoms with Gasteiger partial charge in [-0.2, -0.15) is 0 Å². The molecular formula is C21H30IN5. The SMILES string of the molecule is CCNC(=NCC1CCN(c2ccccc2)C1)NCCc1ccccn1.I. The molecule has 2 heterocycles. The zero-order valence-corrected chi connectivity index (χ0v) is 18.3. The first-order valence-electron chi connectivity index (χ1n) is 9.57. The molecule has 0 spiro atoms. The highest BCUT2D eigenvalue weighted by Crippen LogP contribution is 2.23. The molecule has 1 fully saturated rings. The van der Waals surface area contributed by atoms with E-state index in [0.29, 0.717) is 5.92 Å². The van der Waals surface area contributed by atoms with Crippen molar-refractivity contribution in [1.29, 1.82) is 0 Å². The number of hydrogen-bond donors (Lipinski definition) is 2. The van der Waals surface area contributed by atoms with E-state index in [1.165, 1.54) is 12.1 Å². The summed E-state index contributed by atoms with van der Waals surface area (Å²) in [6.45, 7) is 6.87. The van der Waals surface area contributed by atoms with Gasteiger partial charge in [0.1, 0.15) is 0 Å². The molecule has 1 aliphatic rings. The lowest BCUT2D eigenvalue weighted by atomic mass is 10.1. The number of halogens is 1. The number of guanidine groups is 1. The van der Waals surface area contributed by atoms with Crippen molar-refractivity contribution >= 4 is 35.6 Å². The van der Waals surface area contributed by atoms with Crippen molar-refractivity contribution in [1.82, 2.24) is 15.6 Å². The van der Waals surface area contributed by atoms with Crippen molar-refractivity contribution in [3.8, 4) is 0 Å². The number of para-hydroxylation sites is 1. The Bertz CT molecular complexity index is 677. The van der Waals surface area contributed by atoms with Crippen molar-refractivity contribution in [3.63, 3.8) is 0 Å². The maximum Gasteiger partial charge on any atom is 0.191 e. The molecule has 0 bridgehead atoms. The molecule has 5 nitrogen and oxygen atoms in total. The number of benzene rings is 1. The van der Waals surface area contributed by atoms with Crippen LogP contribution in [0.5, 0.6) is 0 Å². The van der Waals surface area contributed by atoms with Gasteiger partial charge in [0.2, 0.25) is 0 Å². The van der Waals surface area contributed by atoms with Gasteiger partial charge in [-0.05, 0) is 43.5 Å². The first-order valence-corrected chi connectivity index (χ1v) is 9.57. The normalized spacial score (nSPS) is 16.7. The number of nitrogens with one attached hydrogen (secondary N) is 2. The molecule has 146 valence electrons. The van der Waals surface area contributed by atoms with Crippen molar-refractivity contribution in [2.24, 2.45) is 10.9 Å². The van der Waals surface area contributed by atoms with Crippen LogP contribution in [0.15, 0.2) is 59.7 Å². The summed E-state index contributed by atoms with van der Waals surface area (Å²) >= 11 is 0. The van der Waals surface area contributed by atoms with Crippen LogP contribution in [-0.2, 0) is 6.42 Å². The molecule has 1 aromatic carbocycles. The zero-order valence-electron chi connectivity index (χ0n) is 16.0. The molecule has 1 saturated heterocycles. The topological polar surface area (TPSA) is 52.6 Å². The predicted octanol–water partition coefficient (Wildman–Crippen LogP) is 3.32. The summed E-state index contributed by atoms with van der Waals surface area (Å²) in [4.78, 5) is 11.6. The van der Waals surface area contributed by atoms with Crippen LogP contribution >= 0.6 is 24.0 Å². The van der Waals surface area contributed by atoms with Gasteiger partial charge in [-0.3, -0.25) is 9.98 Å². The van der Waals surface area contributed by atoms with Crippen LogP contribution in [0.4, 0.5) is 5.69 Å². The molecule has 2 aromatic rings. The maximum absolute atomic E-state index is 4.80. The quantitative estimate of drug-likeness (QED) is 0.364. The number of nitrogens with zero attached hydrogens (tertiary/aromatic N) is 3. The van der Waals surface area contributed by atoms with Crippen LogP contribution in [0.2, 0.25) is 0 Å². The zero-order chi connectivity index (χ0) is 18.0. The summed E-state index contributed by atoms with van der Waals surface area (Å²) < 4.78 is 0. The predicted molar refractivity (Wildman–Crippen MR) is 124 cm³/mol. The summed E-state index contributed by atoms with van der Waals surface area (Å²) in [7, 11) is 0. The van der Waals surface area contributed by atoms with Crippen LogP contribution in [-0.4, -0.2) is 43.7 Å². The van der Waals surface area contributed by atoms with E-state index in [1.807, 2.05) is 18.3 Å². The molecule has 2 N–H and O–H groups in total. The lowest BCUT2D eigenvalue weighted by Crippen LogP contribution is -2.38. The molecule has 0 aliphatic carbocycles. The Morgan fingerprint density at radius 1 is 1.15 bits per heavy atom. The Hall–Kier alpha value is -1.83. The lowest BCUT2D eigenvalue weighted by molar-refractivity contribution is 0.599. The average molecular weight is 479 g/mol. The Morgan fingerprint density at radius 2 is 1.96 bits per heavy atom. The molecule has 1 unspecified atom stereocenters. The summed E-state index contributed by atoms with van der Waals surface area (Å²) in [6.07, 6.45) is 3.94. The van der Waals surface area contributed by atoms with Gasteiger partial charge in [0.25, 0.3) is 0 Å². The van der Waals surface area contributed by atoms with Crippen molar-refractivity contribution in [3.05, 3.63) is 60.4 Å². The lowest BCUT2D eigenvalue weighted by Gasteiger charge is -2.18. The second kappa shape index (κ2) is 11.8. The minimum Gasteiger partial charge on any atom is -0.371 e. The van der Waals surface area contributed by atoms with E-state index in [4.69, 9.17) is 4.99 Å². The van der Waals surface area contributed by atoms with Gasteiger partial charge in [-0.15, -0.1) is 24.0 Å². The molecule has 0 radical (unpaired) electrons. The van der Waals surface area contributed by atoms with Gasteiger partial charge in [-0.1, -0.05) is 24.3 Å². The van der Waals surface area contributed by atoms with Crippen molar-refractivity contribution in [2.45, 2.75) is 19.8 Å². The fourth-order valence-corrected chi connectivity index (χ4v) is 3.27. The highest BCUT2D eigenvalue weighted by molar-refractivity contribution is 14.0. The number of rotatable bonds is 7. The van der Waals surface area contributed by atoms with Crippen molar-refractivity contribution in [2.75, 3.05) is 37.6 Å². The highest BCUT2D eigenvalue weighted by Gasteiger charge is 2.22. The summed E-state index contributed by atoms with van der Waals surface area (Å²) in [5, 5.41) is 6.76. The summed E-state index contributed by atoms with van der Waals surface area (Å²) in [5.41, 5.74) is 2.42. The van der Waals surface area contributed by atoms with E-state index >= 15 is 0 Å². The van der Waals surface area contributed by atoms with E-state index in [2.05, 4.69) is 63.8 Å². The van der Waals surface area contributed by atoms with Crippen LogP contribution < -0.4 is 15.5 Å². The van der Waals surface area contributed by atoms with Gasteiger partial charge >= 0.3 is 0 Å². The van der Waals surface area contributed by atoms with Gasteiger partial charge < -0.3 is 15.5 Å². The van der Waals surface area contributed by atoms with E-state index in [0.717, 1.165) is 50.8 Å². The number of hydrogen-bond acceptors (Lipinski definition) is 3. The Kier molecular flexibility index (Phi) is 9.38. The minimum atomic E-state index is 0. The Morgan fingerprint density at radius 3 is 2.70 bits per heavy atom. The number of anilines is 1. The fourth-order valence-electron chi connectivity index (χ4n) is 3.27. The van der Waals surface area contributed by atoms with Crippen LogP contribution in [0, 0.1) is 5.92 Å². The molecule has 6 heteroatoms. The molecule has 0 saturated carbocycles. The molecule has 1 aromatic heterocycles. The van der Waals surface area contributed by atoms with Crippen LogP contribution in [0.3, 0.4) is 0 Å². The summed E-state index contributed by atoms with van der Waals surface area (Å²) in [5.74, 6) is 1.52. The molecule has 3 rings (SSSR count). The van der Waals surface area contributed by atoms with Crippen molar-refractivity contribution < 1.29 is 0 Å². The number of aromatic nitrogens is 1. The van der Waals surface area contributed by atoms with Crippen LogP contribution in [0.1, 0.15) is 19.0 Å². The first kappa shape index (κ1) is 21.5. The van der Waals surface area contributed by atoms with Crippen LogP contribution in [0.25, 0.3) is 0 Å². The fraction of sp³-hybridized carbons (Fsp3) is 0.429. The third-order valence-electron chi connectivity index (χ3n) is 4.66. The second-order valence-electron chi connectivity index (χ2n) is 6.65. The molecular weight excluding hydrogens is 449 g/mol. The number of pyridine rings is 1. The third-order valence-corrected chi connectivity index (χ3v) is 4.66. The monoisotopic (exact) mass is 479 g/mol. The number of aliphatic imine (C=N–C) groups is 1. The smallest absolute Gasteiger partial charge is 0.191 e. The maximum atomic E-state index is 4.80. The Labute approximate surface area is 179 Å². The van der Waals surface area contributed by atoms with Gasteiger partial charge in [0, 0.05) is 56.7 Å². The molecule has 0 amide bonds. The van der Waals surface area contributed by atoms with E-state index in [-0.39, 0.29) is 24.0 Å². The summed E-state index contributed by atoms with van der Waals surface area (Å²) in [6, 6.07) is 16.7. The van der Waals surface area contributed by atoms with E-state index in [1.54, 1.807) is 0 Å². The van der Waals surface area contributed by atoms with Gasteiger partial charge in [-0.25, -0.2) is 0 Å². The van der Waals surface area contributed by atoms with Gasteiger partial charge in [0.15, 0.2) is 5.96 Å². The average Bonchev–Trinajstić information content (AvgIpc) is 3.17. The Balaban J connectivity index is 0.00000261. The largest absolute Gasteiger partial charge is 0.371 e. The van der Waals surface area contributed by atoms with E-state index in [9.17, 15) is 0 Å². The first-order chi connectivity index (χ1) is 12.8. The molecule has 1 aliphatic heterocycles. The minimum absolute atomic E-state index is 0.